The van der Waals surface area contributed by atoms with Crippen molar-refractivity contribution >= 4 is 29.0 Å². The number of rotatable bonds is 8. The van der Waals surface area contributed by atoms with Crippen LogP contribution in [0.5, 0.6) is 0 Å². The van der Waals surface area contributed by atoms with E-state index < -0.39 is 0 Å². The van der Waals surface area contributed by atoms with Crippen LogP contribution in [0.3, 0.4) is 0 Å². The Bertz CT molecular complexity index is 952. The van der Waals surface area contributed by atoms with E-state index in [1.807, 2.05) is 25.1 Å². The first-order valence-electron chi connectivity index (χ1n) is 12.2. The van der Waals surface area contributed by atoms with Crippen molar-refractivity contribution in [3.05, 3.63) is 53.1 Å². The minimum atomic E-state index is -0.307. The van der Waals surface area contributed by atoms with Crippen LogP contribution in [0.15, 0.2) is 36.4 Å². The summed E-state index contributed by atoms with van der Waals surface area (Å²) in [7, 11) is 0. The summed E-state index contributed by atoms with van der Waals surface area (Å²) in [5.74, 6) is 0.468. The van der Waals surface area contributed by atoms with Gasteiger partial charge in [0, 0.05) is 36.7 Å². The molecule has 1 fully saturated rings. The lowest BCUT2D eigenvalue weighted by molar-refractivity contribution is 0.0954. The summed E-state index contributed by atoms with van der Waals surface area (Å²) >= 11 is 0. The van der Waals surface area contributed by atoms with Gasteiger partial charge in [-0.25, -0.2) is 4.79 Å². The van der Waals surface area contributed by atoms with Gasteiger partial charge in [-0.3, -0.25) is 4.79 Å². The number of hydrogen-bond acceptors (Lipinski definition) is 3. The molecule has 1 saturated heterocycles. The Morgan fingerprint density at radius 3 is 2.15 bits per heavy atom. The lowest BCUT2D eigenvalue weighted by atomic mass is 9.93. The van der Waals surface area contributed by atoms with Crippen LogP contribution >= 0.6 is 0 Å². The number of para-hydroxylation sites is 1. The molecule has 3 amide bonds. The normalized spacial score (nSPS) is 13.5. The second-order valence-corrected chi connectivity index (χ2v) is 9.38. The highest BCUT2D eigenvalue weighted by Crippen LogP contribution is 2.33. The van der Waals surface area contributed by atoms with Crippen LogP contribution in [0.4, 0.5) is 21.9 Å². The Kier molecular flexibility index (Phi) is 8.37. The van der Waals surface area contributed by atoms with Crippen molar-refractivity contribution in [2.45, 2.75) is 65.7 Å². The number of nitrogens with zero attached hydrogens (tertiary/aromatic N) is 1. The van der Waals surface area contributed by atoms with E-state index in [0.717, 1.165) is 54.9 Å². The van der Waals surface area contributed by atoms with Crippen molar-refractivity contribution in [1.29, 1.82) is 0 Å². The van der Waals surface area contributed by atoms with Gasteiger partial charge in [0.05, 0.1) is 5.56 Å². The Morgan fingerprint density at radius 1 is 0.939 bits per heavy atom. The summed E-state index contributed by atoms with van der Waals surface area (Å²) in [5.41, 5.74) is 5.23. The molecule has 33 heavy (non-hydrogen) atoms. The van der Waals surface area contributed by atoms with Gasteiger partial charge in [-0.1, -0.05) is 52.8 Å². The molecule has 6 heteroatoms. The quantitative estimate of drug-likeness (QED) is 0.441. The first-order chi connectivity index (χ1) is 15.8. The van der Waals surface area contributed by atoms with E-state index in [4.69, 9.17) is 0 Å². The summed E-state index contributed by atoms with van der Waals surface area (Å²) in [5, 5.41) is 9.00. The summed E-state index contributed by atoms with van der Waals surface area (Å²) in [6.45, 7) is 13.1. The number of carbonyl (C=O) groups is 2. The number of anilines is 3. The molecule has 2 aromatic rings. The van der Waals surface area contributed by atoms with Gasteiger partial charge >= 0.3 is 6.03 Å². The predicted molar refractivity (Wildman–Crippen MR) is 138 cm³/mol. The minimum absolute atomic E-state index is 0.102. The van der Waals surface area contributed by atoms with Crippen molar-refractivity contribution in [3.63, 3.8) is 0 Å². The zero-order valence-electron chi connectivity index (χ0n) is 20.6. The molecule has 178 valence electrons. The molecule has 0 saturated carbocycles. The van der Waals surface area contributed by atoms with E-state index >= 15 is 0 Å². The number of nitrogens with one attached hydrogen (secondary N) is 3. The van der Waals surface area contributed by atoms with E-state index in [-0.39, 0.29) is 23.8 Å². The molecule has 1 heterocycles. The summed E-state index contributed by atoms with van der Waals surface area (Å²) in [6, 6.07) is 11.5. The average molecular weight is 451 g/mol. The molecule has 0 aliphatic carbocycles. The first kappa shape index (κ1) is 24.6. The second-order valence-electron chi connectivity index (χ2n) is 9.38. The fourth-order valence-corrected chi connectivity index (χ4v) is 4.33. The third kappa shape index (κ3) is 6.06. The van der Waals surface area contributed by atoms with Gasteiger partial charge < -0.3 is 20.9 Å². The number of benzene rings is 2. The topological polar surface area (TPSA) is 73.5 Å². The van der Waals surface area contributed by atoms with Crippen molar-refractivity contribution < 1.29 is 9.59 Å². The monoisotopic (exact) mass is 450 g/mol. The van der Waals surface area contributed by atoms with E-state index in [2.05, 4.69) is 60.7 Å². The van der Waals surface area contributed by atoms with Crippen LogP contribution < -0.4 is 20.9 Å². The van der Waals surface area contributed by atoms with Gasteiger partial charge in [-0.2, -0.15) is 0 Å². The Morgan fingerprint density at radius 2 is 1.58 bits per heavy atom. The molecule has 0 atom stereocenters. The molecular formula is C27H38N4O2. The standard InChI is InChI=1S/C27H38N4O2/c1-6-14-28-26(32)23-17-20(12-13-24(23)31-15-7-8-16-31)29-27(33)30-25-21(18(2)3)10-9-11-22(25)19(4)5/h9-13,17-19H,6-8,14-16H2,1-5H3,(H,28,32)(H2,29,30,33). The van der Waals surface area contributed by atoms with Crippen molar-refractivity contribution in [1.82, 2.24) is 5.32 Å². The lowest BCUT2D eigenvalue weighted by Crippen LogP contribution is -2.28. The zero-order valence-corrected chi connectivity index (χ0v) is 20.6. The Labute approximate surface area is 198 Å². The maximum atomic E-state index is 13.0. The minimum Gasteiger partial charge on any atom is -0.371 e. The fourth-order valence-electron chi connectivity index (χ4n) is 4.33. The number of hydrogen-bond donors (Lipinski definition) is 3. The molecule has 3 rings (SSSR count). The molecule has 6 nitrogen and oxygen atoms in total. The predicted octanol–water partition coefficient (Wildman–Crippen LogP) is 6.32. The largest absolute Gasteiger partial charge is 0.371 e. The van der Waals surface area contributed by atoms with Gasteiger partial charge in [0.1, 0.15) is 0 Å². The highest BCUT2D eigenvalue weighted by atomic mass is 16.2. The van der Waals surface area contributed by atoms with E-state index in [1.54, 1.807) is 6.07 Å². The van der Waals surface area contributed by atoms with Crippen LogP contribution in [-0.2, 0) is 0 Å². The molecule has 0 aromatic heterocycles. The highest BCUT2D eigenvalue weighted by Gasteiger charge is 2.21. The maximum absolute atomic E-state index is 13.0. The number of urea groups is 1. The van der Waals surface area contributed by atoms with E-state index in [1.165, 1.54) is 0 Å². The van der Waals surface area contributed by atoms with Crippen LogP contribution in [-0.4, -0.2) is 31.6 Å². The third-order valence-electron chi connectivity index (χ3n) is 6.09. The van der Waals surface area contributed by atoms with Gasteiger partial charge in [0.2, 0.25) is 0 Å². The Hall–Kier alpha value is -3.02. The fraction of sp³-hybridized carbons (Fsp3) is 0.481. The Balaban J connectivity index is 1.85. The molecule has 0 radical (unpaired) electrons. The van der Waals surface area contributed by atoms with E-state index in [0.29, 0.717) is 17.8 Å². The smallest absolute Gasteiger partial charge is 0.323 e. The number of carbonyl (C=O) groups excluding carboxylic acids is 2. The lowest BCUT2D eigenvalue weighted by Gasteiger charge is -2.22. The summed E-state index contributed by atoms with van der Waals surface area (Å²) < 4.78 is 0. The molecular weight excluding hydrogens is 412 g/mol. The zero-order chi connectivity index (χ0) is 24.0. The maximum Gasteiger partial charge on any atom is 0.323 e. The SMILES string of the molecule is CCCNC(=O)c1cc(NC(=O)Nc2c(C(C)C)cccc2C(C)C)ccc1N1CCCC1. The van der Waals surface area contributed by atoms with Gasteiger partial charge in [-0.15, -0.1) is 0 Å². The van der Waals surface area contributed by atoms with Crippen LogP contribution in [0.1, 0.15) is 87.2 Å². The average Bonchev–Trinajstić information content (AvgIpc) is 3.31. The van der Waals surface area contributed by atoms with E-state index in [9.17, 15) is 9.59 Å². The van der Waals surface area contributed by atoms with Crippen LogP contribution in [0.2, 0.25) is 0 Å². The molecule has 2 aromatic carbocycles. The van der Waals surface area contributed by atoms with Crippen LogP contribution in [0.25, 0.3) is 0 Å². The van der Waals surface area contributed by atoms with Crippen molar-refractivity contribution in [3.8, 4) is 0 Å². The molecule has 3 N–H and O–H groups in total. The van der Waals surface area contributed by atoms with Crippen LogP contribution in [0, 0.1) is 0 Å². The molecule has 0 bridgehead atoms. The highest BCUT2D eigenvalue weighted by molar-refractivity contribution is 6.04. The molecule has 1 aliphatic rings. The molecule has 0 spiro atoms. The van der Waals surface area contributed by atoms with Gasteiger partial charge in [0.25, 0.3) is 5.91 Å². The second kappa shape index (κ2) is 11.2. The molecule has 0 unspecified atom stereocenters. The molecule has 1 aliphatic heterocycles. The number of amides is 3. The van der Waals surface area contributed by atoms with Crippen molar-refractivity contribution in [2.24, 2.45) is 0 Å². The third-order valence-corrected chi connectivity index (χ3v) is 6.09. The summed E-state index contributed by atoms with van der Waals surface area (Å²) in [4.78, 5) is 28.1. The first-order valence-corrected chi connectivity index (χ1v) is 12.2. The summed E-state index contributed by atoms with van der Waals surface area (Å²) in [6.07, 6.45) is 3.14. The van der Waals surface area contributed by atoms with Gasteiger partial charge in [0.15, 0.2) is 0 Å². The van der Waals surface area contributed by atoms with Crippen molar-refractivity contribution in [2.75, 3.05) is 35.2 Å². The van der Waals surface area contributed by atoms with Gasteiger partial charge in [-0.05, 0) is 60.4 Å².